The van der Waals surface area contributed by atoms with Gasteiger partial charge < -0.3 is 5.73 Å². The van der Waals surface area contributed by atoms with E-state index < -0.39 is 17.4 Å². The molecule has 0 bridgehead atoms. The van der Waals surface area contributed by atoms with Gasteiger partial charge in [-0.25, -0.2) is 0 Å². The van der Waals surface area contributed by atoms with Crippen molar-refractivity contribution < 1.29 is 18.0 Å². The Labute approximate surface area is 71.4 Å². The molecule has 0 radical (unpaired) electrons. The van der Waals surface area contributed by atoms with Crippen LogP contribution in [0.15, 0.2) is 12.4 Å². The van der Waals surface area contributed by atoms with Crippen LogP contribution < -0.4 is 5.73 Å². The maximum Gasteiger partial charge on any atom is 0.419 e. The Morgan fingerprint density at radius 1 is 1.38 bits per heavy atom. The van der Waals surface area contributed by atoms with Crippen molar-refractivity contribution >= 4 is 12.0 Å². The van der Waals surface area contributed by atoms with Gasteiger partial charge in [-0.2, -0.15) is 13.2 Å². The minimum Gasteiger partial charge on any atom is -0.398 e. The molecule has 0 aliphatic carbocycles. The predicted molar refractivity (Wildman–Crippen MR) is 39.0 cm³/mol. The van der Waals surface area contributed by atoms with E-state index in [0.717, 1.165) is 6.20 Å². The first kappa shape index (κ1) is 9.50. The van der Waals surface area contributed by atoms with Gasteiger partial charge >= 0.3 is 6.18 Å². The van der Waals surface area contributed by atoms with Crippen LogP contribution in [0, 0.1) is 0 Å². The summed E-state index contributed by atoms with van der Waals surface area (Å²) in [6.07, 6.45) is -2.77. The third-order valence-corrected chi connectivity index (χ3v) is 1.45. The normalized spacial score (nSPS) is 11.3. The van der Waals surface area contributed by atoms with Gasteiger partial charge in [0.15, 0.2) is 6.29 Å². The standard InChI is InChI=1S/C7H5F3N2O/c8-7(9,10)5-2-12-1-4(3-13)6(5)11/h1-3H,(H2,11,12). The Bertz CT molecular complexity index is 335. The molecular weight excluding hydrogens is 185 g/mol. The molecule has 0 amide bonds. The quantitative estimate of drug-likeness (QED) is 0.682. The number of alkyl halides is 3. The molecule has 6 heteroatoms. The highest BCUT2D eigenvalue weighted by Gasteiger charge is 2.34. The molecule has 1 rings (SSSR count). The van der Waals surface area contributed by atoms with E-state index in [0.29, 0.717) is 6.20 Å². The van der Waals surface area contributed by atoms with Crippen molar-refractivity contribution in [3.63, 3.8) is 0 Å². The summed E-state index contributed by atoms with van der Waals surface area (Å²) >= 11 is 0. The van der Waals surface area contributed by atoms with Crippen molar-refractivity contribution in [1.82, 2.24) is 4.98 Å². The van der Waals surface area contributed by atoms with Crippen LogP contribution in [0.2, 0.25) is 0 Å². The summed E-state index contributed by atoms with van der Waals surface area (Å²) in [7, 11) is 0. The largest absolute Gasteiger partial charge is 0.419 e. The summed E-state index contributed by atoms with van der Waals surface area (Å²) in [4.78, 5) is 13.5. The molecule has 13 heavy (non-hydrogen) atoms. The number of nitrogens with two attached hydrogens (primary N) is 1. The van der Waals surface area contributed by atoms with E-state index in [1.807, 2.05) is 0 Å². The van der Waals surface area contributed by atoms with Gasteiger partial charge in [0.2, 0.25) is 0 Å². The van der Waals surface area contributed by atoms with Gasteiger partial charge in [-0.15, -0.1) is 0 Å². The molecule has 0 saturated carbocycles. The Morgan fingerprint density at radius 3 is 2.46 bits per heavy atom. The van der Waals surface area contributed by atoms with Crippen molar-refractivity contribution in [1.29, 1.82) is 0 Å². The van der Waals surface area contributed by atoms with E-state index in [1.165, 1.54) is 0 Å². The molecule has 1 aromatic rings. The summed E-state index contributed by atoms with van der Waals surface area (Å²) < 4.78 is 36.4. The van der Waals surface area contributed by atoms with Crippen LogP contribution in [0.5, 0.6) is 0 Å². The zero-order chi connectivity index (χ0) is 10.1. The monoisotopic (exact) mass is 190 g/mol. The van der Waals surface area contributed by atoms with Crippen LogP contribution in [0.4, 0.5) is 18.9 Å². The average molecular weight is 190 g/mol. The van der Waals surface area contributed by atoms with Gasteiger partial charge in [-0.3, -0.25) is 9.78 Å². The molecule has 0 fully saturated rings. The maximum absolute atomic E-state index is 12.1. The zero-order valence-corrected chi connectivity index (χ0v) is 6.30. The number of hydrogen-bond acceptors (Lipinski definition) is 3. The SMILES string of the molecule is Nc1c(C=O)cncc1C(F)(F)F. The molecule has 1 aromatic heterocycles. The summed E-state index contributed by atoms with van der Waals surface area (Å²) in [6, 6.07) is 0. The first-order valence-electron chi connectivity index (χ1n) is 3.22. The van der Waals surface area contributed by atoms with E-state index in [-0.39, 0.29) is 11.8 Å². The van der Waals surface area contributed by atoms with Gasteiger partial charge in [0.05, 0.1) is 16.8 Å². The van der Waals surface area contributed by atoms with Crippen LogP contribution in [0.1, 0.15) is 15.9 Å². The van der Waals surface area contributed by atoms with Crippen molar-refractivity contribution in [3.8, 4) is 0 Å². The zero-order valence-electron chi connectivity index (χ0n) is 6.30. The first-order valence-corrected chi connectivity index (χ1v) is 3.22. The number of anilines is 1. The van der Waals surface area contributed by atoms with E-state index >= 15 is 0 Å². The fourth-order valence-corrected chi connectivity index (χ4v) is 0.806. The molecule has 0 saturated heterocycles. The number of nitrogen functional groups attached to an aromatic ring is 1. The summed E-state index contributed by atoms with van der Waals surface area (Å²) in [6.45, 7) is 0. The number of carbonyl (C=O) groups is 1. The maximum atomic E-state index is 12.1. The second-order valence-corrected chi connectivity index (χ2v) is 2.31. The molecule has 0 spiro atoms. The number of aldehydes is 1. The average Bonchev–Trinajstić information content (AvgIpc) is 2.02. The van der Waals surface area contributed by atoms with Crippen LogP contribution in [0.25, 0.3) is 0 Å². The number of nitrogens with zero attached hydrogens (tertiary/aromatic N) is 1. The molecule has 0 aliphatic rings. The Morgan fingerprint density at radius 2 is 2.00 bits per heavy atom. The minimum atomic E-state index is -4.57. The van der Waals surface area contributed by atoms with E-state index in [4.69, 9.17) is 5.73 Å². The molecule has 3 nitrogen and oxygen atoms in total. The van der Waals surface area contributed by atoms with Gasteiger partial charge in [0.1, 0.15) is 0 Å². The molecule has 2 N–H and O–H groups in total. The summed E-state index contributed by atoms with van der Waals surface area (Å²) in [5.41, 5.74) is 3.16. The van der Waals surface area contributed by atoms with Crippen LogP contribution >= 0.6 is 0 Å². The molecule has 70 valence electrons. The highest BCUT2D eigenvalue weighted by molar-refractivity contribution is 5.83. The van der Waals surface area contributed by atoms with Gasteiger partial charge in [-0.1, -0.05) is 0 Å². The highest BCUT2D eigenvalue weighted by Crippen LogP contribution is 2.33. The third-order valence-electron chi connectivity index (χ3n) is 1.45. The lowest BCUT2D eigenvalue weighted by atomic mass is 10.1. The molecule has 0 aliphatic heterocycles. The Hall–Kier alpha value is -1.59. The van der Waals surface area contributed by atoms with E-state index in [1.54, 1.807) is 0 Å². The third kappa shape index (κ3) is 1.77. The lowest BCUT2D eigenvalue weighted by Gasteiger charge is -2.09. The Balaban J connectivity index is 3.32. The second-order valence-electron chi connectivity index (χ2n) is 2.31. The predicted octanol–water partition coefficient (Wildman–Crippen LogP) is 1.50. The highest BCUT2D eigenvalue weighted by atomic mass is 19.4. The van der Waals surface area contributed by atoms with Crippen molar-refractivity contribution in [2.75, 3.05) is 5.73 Å². The molecule has 0 atom stereocenters. The van der Waals surface area contributed by atoms with Gasteiger partial charge in [0, 0.05) is 12.4 Å². The summed E-state index contributed by atoms with van der Waals surface area (Å²) in [5, 5.41) is 0. The van der Waals surface area contributed by atoms with Crippen LogP contribution in [0.3, 0.4) is 0 Å². The Kier molecular flexibility index (Phi) is 2.22. The second kappa shape index (κ2) is 3.04. The molecular formula is C7H5F3N2O. The fraction of sp³-hybridized carbons (Fsp3) is 0.143. The lowest BCUT2D eigenvalue weighted by Crippen LogP contribution is -2.11. The van der Waals surface area contributed by atoms with Gasteiger partial charge in [0.25, 0.3) is 0 Å². The van der Waals surface area contributed by atoms with E-state index in [2.05, 4.69) is 4.98 Å². The number of rotatable bonds is 1. The van der Waals surface area contributed by atoms with Crippen molar-refractivity contribution in [3.05, 3.63) is 23.5 Å². The smallest absolute Gasteiger partial charge is 0.398 e. The molecule has 0 unspecified atom stereocenters. The topological polar surface area (TPSA) is 56.0 Å². The van der Waals surface area contributed by atoms with Crippen LogP contribution in [-0.4, -0.2) is 11.3 Å². The lowest BCUT2D eigenvalue weighted by molar-refractivity contribution is -0.137. The number of halogens is 3. The number of aromatic nitrogens is 1. The number of pyridine rings is 1. The summed E-state index contributed by atoms with van der Waals surface area (Å²) in [5.74, 6) is 0. The molecule has 0 aromatic carbocycles. The fourth-order valence-electron chi connectivity index (χ4n) is 0.806. The number of carbonyl (C=O) groups excluding carboxylic acids is 1. The van der Waals surface area contributed by atoms with Crippen LogP contribution in [-0.2, 0) is 6.18 Å². The number of hydrogen-bond donors (Lipinski definition) is 1. The van der Waals surface area contributed by atoms with Crippen molar-refractivity contribution in [2.45, 2.75) is 6.18 Å². The van der Waals surface area contributed by atoms with Crippen molar-refractivity contribution in [2.24, 2.45) is 0 Å². The minimum absolute atomic E-state index is 0.234. The first-order chi connectivity index (χ1) is 5.96. The molecule has 1 heterocycles. The van der Waals surface area contributed by atoms with Gasteiger partial charge in [-0.05, 0) is 0 Å². The van der Waals surface area contributed by atoms with E-state index in [9.17, 15) is 18.0 Å².